The van der Waals surface area contributed by atoms with Crippen LogP contribution in [0, 0.1) is 11.6 Å². The SMILES string of the molecule is C[C@H](O)Cc1c(O)c(Oc2ccc(F)cc2F)cc2cnc(NC3CC3)nc12. The fraction of sp³-hybridized carbons (Fsp3) is 0.300. The molecule has 1 heterocycles. The number of nitrogens with zero attached hydrogens (tertiary/aromatic N) is 2. The molecule has 1 aliphatic carbocycles. The van der Waals surface area contributed by atoms with Crippen LogP contribution in [-0.4, -0.2) is 32.3 Å². The third kappa shape index (κ3) is 3.82. The first kappa shape index (κ1) is 18.4. The van der Waals surface area contributed by atoms with Gasteiger partial charge in [-0.1, -0.05) is 0 Å². The van der Waals surface area contributed by atoms with Gasteiger partial charge >= 0.3 is 0 Å². The highest BCUT2D eigenvalue weighted by atomic mass is 19.1. The highest BCUT2D eigenvalue weighted by Crippen LogP contribution is 2.40. The van der Waals surface area contributed by atoms with Crippen molar-refractivity contribution in [3.63, 3.8) is 0 Å². The second-order valence-electron chi connectivity index (χ2n) is 6.98. The number of nitrogens with one attached hydrogen (secondary N) is 1. The van der Waals surface area contributed by atoms with E-state index >= 15 is 0 Å². The summed E-state index contributed by atoms with van der Waals surface area (Å²) in [5, 5.41) is 24.3. The van der Waals surface area contributed by atoms with Crippen molar-refractivity contribution in [1.82, 2.24) is 9.97 Å². The van der Waals surface area contributed by atoms with E-state index in [2.05, 4.69) is 15.3 Å². The summed E-state index contributed by atoms with van der Waals surface area (Å²) >= 11 is 0. The zero-order valence-corrected chi connectivity index (χ0v) is 15.1. The molecule has 1 aliphatic rings. The van der Waals surface area contributed by atoms with Gasteiger partial charge in [0.1, 0.15) is 5.82 Å². The molecular weight excluding hydrogens is 368 g/mol. The molecule has 8 heteroatoms. The van der Waals surface area contributed by atoms with Crippen LogP contribution in [0.25, 0.3) is 10.9 Å². The van der Waals surface area contributed by atoms with Gasteiger partial charge in [0.2, 0.25) is 5.95 Å². The van der Waals surface area contributed by atoms with Gasteiger partial charge in [0, 0.05) is 35.7 Å². The first-order chi connectivity index (χ1) is 13.4. The maximum absolute atomic E-state index is 14.0. The highest BCUT2D eigenvalue weighted by molar-refractivity contribution is 5.87. The number of aromatic nitrogens is 2. The fourth-order valence-corrected chi connectivity index (χ4v) is 2.93. The second-order valence-corrected chi connectivity index (χ2v) is 6.98. The zero-order valence-electron chi connectivity index (χ0n) is 15.1. The summed E-state index contributed by atoms with van der Waals surface area (Å²) in [5.74, 6) is -1.69. The second kappa shape index (κ2) is 7.20. The number of aliphatic hydroxyl groups is 1. The van der Waals surface area contributed by atoms with E-state index in [1.54, 1.807) is 13.1 Å². The average Bonchev–Trinajstić information content (AvgIpc) is 3.45. The summed E-state index contributed by atoms with van der Waals surface area (Å²) in [4.78, 5) is 8.74. The molecule has 3 N–H and O–H groups in total. The maximum atomic E-state index is 14.0. The molecule has 0 saturated heterocycles. The Bertz CT molecular complexity index is 1040. The minimum atomic E-state index is -0.892. The number of hydrogen-bond donors (Lipinski definition) is 3. The van der Waals surface area contributed by atoms with Crippen molar-refractivity contribution in [2.45, 2.75) is 38.3 Å². The van der Waals surface area contributed by atoms with E-state index in [0.717, 1.165) is 25.0 Å². The van der Waals surface area contributed by atoms with Crippen LogP contribution in [-0.2, 0) is 6.42 Å². The number of hydrogen-bond acceptors (Lipinski definition) is 6. The molecule has 2 aromatic carbocycles. The molecule has 146 valence electrons. The van der Waals surface area contributed by atoms with Gasteiger partial charge in [-0.15, -0.1) is 0 Å². The van der Waals surface area contributed by atoms with Crippen molar-refractivity contribution >= 4 is 16.9 Å². The van der Waals surface area contributed by atoms with Gasteiger partial charge in [-0.25, -0.2) is 18.7 Å². The smallest absolute Gasteiger partial charge is 0.223 e. The van der Waals surface area contributed by atoms with Gasteiger partial charge in [-0.3, -0.25) is 0 Å². The highest BCUT2D eigenvalue weighted by Gasteiger charge is 2.23. The largest absolute Gasteiger partial charge is 0.504 e. The van der Waals surface area contributed by atoms with E-state index in [9.17, 15) is 19.0 Å². The Morgan fingerprint density at radius 2 is 2.04 bits per heavy atom. The van der Waals surface area contributed by atoms with Crippen molar-refractivity contribution in [2.75, 3.05) is 5.32 Å². The number of anilines is 1. The molecule has 0 unspecified atom stereocenters. The number of halogens is 2. The normalized spacial score (nSPS) is 14.9. The molecule has 1 fully saturated rings. The fourth-order valence-electron chi connectivity index (χ4n) is 2.93. The summed E-state index contributed by atoms with van der Waals surface area (Å²) in [6.45, 7) is 1.59. The lowest BCUT2D eigenvalue weighted by Crippen LogP contribution is -2.09. The minimum absolute atomic E-state index is 0.0276. The minimum Gasteiger partial charge on any atom is -0.504 e. The third-order valence-corrected chi connectivity index (χ3v) is 4.43. The molecule has 0 spiro atoms. The van der Waals surface area contributed by atoms with Crippen molar-refractivity contribution in [1.29, 1.82) is 0 Å². The predicted molar refractivity (Wildman–Crippen MR) is 99.7 cm³/mol. The molecule has 1 aromatic heterocycles. The Morgan fingerprint density at radius 3 is 2.71 bits per heavy atom. The van der Waals surface area contributed by atoms with Crippen LogP contribution in [0.15, 0.2) is 30.5 Å². The van der Waals surface area contributed by atoms with Crippen LogP contribution in [0.2, 0.25) is 0 Å². The van der Waals surface area contributed by atoms with Crippen LogP contribution in [0.3, 0.4) is 0 Å². The molecule has 4 rings (SSSR count). The Morgan fingerprint density at radius 1 is 1.25 bits per heavy atom. The molecular formula is C20H19F2N3O3. The number of benzene rings is 2. The van der Waals surface area contributed by atoms with E-state index in [-0.39, 0.29) is 23.7 Å². The molecule has 0 radical (unpaired) electrons. The van der Waals surface area contributed by atoms with Crippen molar-refractivity contribution < 1.29 is 23.7 Å². The van der Waals surface area contributed by atoms with Crippen molar-refractivity contribution in [3.8, 4) is 17.2 Å². The lowest BCUT2D eigenvalue weighted by molar-refractivity contribution is 0.194. The average molecular weight is 387 g/mol. The van der Waals surface area contributed by atoms with Crippen LogP contribution in [0.5, 0.6) is 17.2 Å². The number of aromatic hydroxyl groups is 1. The Hall–Kier alpha value is -3.00. The van der Waals surface area contributed by atoms with E-state index < -0.39 is 17.7 Å². The third-order valence-electron chi connectivity index (χ3n) is 4.43. The predicted octanol–water partition coefficient (Wildman–Crippen LogP) is 3.90. The molecule has 6 nitrogen and oxygen atoms in total. The maximum Gasteiger partial charge on any atom is 0.223 e. The van der Waals surface area contributed by atoms with Crippen LogP contribution >= 0.6 is 0 Å². The lowest BCUT2D eigenvalue weighted by Gasteiger charge is -2.16. The number of phenolic OH excluding ortho intramolecular Hbond substituents is 1. The van der Waals surface area contributed by atoms with Gasteiger partial charge in [0.05, 0.1) is 11.6 Å². The van der Waals surface area contributed by atoms with Gasteiger partial charge in [0.25, 0.3) is 0 Å². The van der Waals surface area contributed by atoms with Gasteiger partial charge in [0.15, 0.2) is 23.1 Å². The van der Waals surface area contributed by atoms with E-state index in [0.29, 0.717) is 34.5 Å². The topological polar surface area (TPSA) is 87.5 Å². The summed E-state index contributed by atoms with van der Waals surface area (Å²) in [7, 11) is 0. The van der Waals surface area contributed by atoms with E-state index in [4.69, 9.17) is 4.74 Å². The van der Waals surface area contributed by atoms with Gasteiger partial charge in [-0.05, 0) is 38.0 Å². The summed E-state index contributed by atoms with van der Waals surface area (Å²) in [5.41, 5.74) is 0.842. The van der Waals surface area contributed by atoms with Crippen LogP contribution in [0.4, 0.5) is 14.7 Å². The molecule has 0 bridgehead atoms. The summed E-state index contributed by atoms with van der Waals surface area (Å²) in [6.07, 6.45) is 3.06. The zero-order chi connectivity index (χ0) is 19.8. The summed E-state index contributed by atoms with van der Waals surface area (Å²) in [6, 6.07) is 4.74. The number of aliphatic hydroxyl groups excluding tert-OH is 1. The molecule has 0 aliphatic heterocycles. The molecule has 1 saturated carbocycles. The number of phenols is 1. The first-order valence-electron chi connectivity index (χ1n) is 9.00. The quantitative estimate of drug-likeness (QED) is 0.595. The molecule has 0 amide bonds. The molecule has 3 aromatic rings. The standard InChI is InChI=1S/C20H19F2N3O3/c1-10(26)6-14-18-11(9-23-20(25-18)24-13-3-4-13)7-17(19(14)27)28-16-5-2-12(21)8-15(16)22/h2,5,7-10,13,26-27H,3-4,6H2,1H3,(H,23,24,25)/t10-/m0/s1. The number of ether oxygens (including phenoxy) is 1. The first-order valence-corrected chi connectivity index (χ1v) is 9.00. The lowest BCUT2D eigenvalue weighted by atomic mass is 10.0. The van der Waals surface area contributed by atoms with Gasteiger partial charge < -0.3 is 20.3 Å². The molecule has 28 heavy (non-hydrogen) atoms. The Labute approximate surface area is 159 Å². The number of fused-ring (bicyclic) bond motifs is 1. The van der Waals surface area contributed by atoms with E-state index in [1.807, 2.05) is 0 Å². The monoisotopic (exact) mass is 387 g/mol. The van der Waals surface area contributed by atoms with Gasteiger partial charge in [-0.2, -0.15) is 0 Å². The Balaban J connectivity index is 1.79. The number of rotatable bonds is 6. The van der Waals surface area contributed by atoms with E-state index in [1.165, 1.54) is 6.07 Å². The Kier molecular flexibility index (Phi) is 4.72. The van der Waals surface area contributed by atoms with Crippen LogP contribution in [0.1, 0.15) is 25.3 Å². The molecule has 1 atom stereocenters. The summed E-state index contributed by atoms with van der Waals surface area (Å²) < 4.78 is 32.6. The van der Waals surface area contributed by atoms with Crippen molar-refractivity contribution in [3.05, 3.63) is 47.7 Å². The van der Waals surface area contributed by atoms with Crippen LogP contribution < -0.4 is 10.1 Å². The van der Waals surface area contributed by atoms with Crippen molar-refractivity contribution in [2.24, 2.45) is 0 Å².